The Bertz CT molecular complexity index is 698. The van der Waals surface area contributed by atoms with Crippen LogP contribution in [0.15, 0.2) is 22.7 Å². The van der Waals surface area contributed by atoms with Crippen molar-refractivity contribution in [1.29, 1.82) is 0 Å². The average molecular weight is 338 g/mol. The lowest BCUT2D eigenvalue weighted by atomic mass is 9.89. The number of carbonyl (C=O) groups excluding carboxylic acids is 1. The molecule has 1 aliphatic carbocycles. The number of benzene rings is 1. The molecule has 1 fully saturated rings. The number of nitrogens with zero attached hydrogens (tertiary/aromatic N) is 2. The van der Waals surface area contributed by atoms with E-state index in [1.807, 2.05) is 0 Å². The van der Waals surface area contributed by atoms with Crippen molar-refractivity contribution in [3.63, 3.8) is 0 Å². The van der Waals surface area contributed by atoms with Gasteiger partial charge in [0, 0.05) is 10.9 Å². The van der Waals surface area contributed by atoms with E-state index in [-0.39, 0.29) is 12.1 Å². The van der Waals surface area contributed by atoms with Gasteiger partial charge in [-0.25, -0.2) is 4.39 Å². The van der Waals surface area contributed by atoms with Crippen LogP contribution in [0.5, 0.6) is 0 Å². The van der Waals surface area contributed by atoms with E-state index in [1.165, 1.54) is 31.4 Å². The van der Waals surface area contributed by atoms with Crippen LogP contribution >= 0.6 is 11.6 Å². The molecule has 23 heavy (non-hydrogen) atoms. The second-order valence-electron chi connectivity index (χ2n) is 5.69. The van der Waals surface area contributed by atoms with Crippen LogP contribution in [0.3, 0.4) is 0 Å². The first-order chi connectivity index (χ1) is 11.1. The molecule has 122 valence electrons. The summed E-state index contributed by atoms with van der Waals surface area (Å²) in [5.41, 5.74) is -0.107. The SMILES string of the molecule is O=C(NCc1nc(C2CCCCC2)no1)c1cc(Cl)ccc1F. The highest BCUT2D eigenvalue weighted by molar-refractivity contribution is 6.30. The van der Waals surface area contributed by atoms with E-state index in [1.54, 1.807) is 0 Å². The van der Waals surface area contributed by atoms with Crippen molar-refractivity contribution in [3.8, 4) is 0 Å². The Balaban J connectivity index is 1.61. The van der Waals surface area contributed by atoms with Gasteiger partial charge in [0.25, 0.3) is 5.91 Å². The number of hydrogen-bond donors (Lipinski definition) is 1. The zero-order valence-electron chi connectivity index (χ0n) is 12.5. The molecule has 0 radical (unpaired) electrons. The third-order valence-corrected chi connectivity index (χ3v) is 4.26. The number of nitrogens with one attached hydrogen (secondary N) is 1. The lowest BCUT2D eigenvalue weighted by Gasteiger charge is -2.17. The molecule has 0 unspecified atom stereocenters. The zero-order chi connectivity index (χ0) is 16.2. The quantitative estimate of drug-likeness (QED) is 0.920. The largest absolute Gasteiger partial charge is 0.343 e. The van der Waals surface area contributed by atoms with Crippen molar-refractivity contribution in [2.75, 3.05) is 0 Å². The van der Waals surface area contributed by atoms with E-state index < -0.39 is 11.7 Å². The Morgan fingerprint density at radius 3 is 2.91 bits per heavy atom. The van der Waals surface area contributed by atoms with Gasteiger partial charge in [-0.05, 0) is 31.0 Å². The first kappa shape index (κ1) is 15.9. The molecule has 1 aromatic heterocycles. The number of rotatable bonds is 4. The van der Waals surface area contributed by atoms with Gasteiger partial charge in [-0.1, -0.05) is 36.0 Å². The molecule has 0 aliphatic heterocycles. The van der Waals surface area contributed by atoms with Crippen LogP contribution in [0.1, 0.15) is 60.1 Å². The van der Waals surface area contributed by atoms with Gasteiger partial charge >= 0.3 is 0 Å². The number of hydrogen-bond acceptors (Lipinski definition) is 4. The Morgan fingerprint density at radius 1 is 1.35 bits per heavy atom. The van der Waals surface area contributed by atoms with Crippen LogP contribution in [0, 0.1) is 5.82 Å². The minimum Gasteiger partial charge on any atom is -0.343 e. The van der Waals surface area contributed by atoms with Crippen LogP contribution in [0.4, 0.5) is 4.39 Å². The van der Waals surface area contributed by atoms with Crippen molar-refractivity contribution >= 4 is 17.5 Å². The number of amides is 1. The Labute approximate surface area is 138 Å². The molecule has 1 amide bonds. The molecule has 0 spiro atoms. The van der Waals surface area contributed by atoms with Crippen molar-refractivity contribution in [2.24, 2.45) is 0 Å². The molecule has 0 saturated heterocycles. The molecule has 2 aromatic rings. The molecule has 1 N–H and O–H groups in total. The molecule has 1 saturated carbocycles. The molecule has 3 rings (SSSR count). The summed E-state index contributed by atoms with van der Waals surface area (Å²) in [5.74, 6) is 0.161. The molecular formula is C16H17ClFN3O2. The summed E-state index contributed by atoms with van der Waals surface area (Å²) in [5, 5.41) is 6.86. The van der Waals surface area contributed by atoms with E-state index in [0.717, 1.165) is 18.9 Å². The fourth-order valence-electron chi connectivity index (χ4n) is 2.79. The fraction of sp³-hybridized carbons (Fsp3) is 0.438. The van der Waals surface area contributed by atoms with E-state index in [9.17, 15) is 9.18 Å². The van der Waals surface area contributed by atoms with E-state index in [2.05, 4.69) is 15.5 Å². The van der Waals surface area contributed by atoms with Crippen LogP contribution in [0.2, 0.25) is 5.02 Å². The van der Waals surface area contributed by atoms with Crippen LogP contribution in [0.25, 0.3) is 0 Å². The Morgan fingerprint density at radius 2 is 2.13 bits per heavy atom. The van der Waals surface area contributed by atoms with Gasteiger partial charge in [0.1, 0.15) is 5.82 Å². The average Bonchev–Trinajstić information content (AvgIpc) is 3.05. The Kier molecular flexibility index (Phi) is 4.91. The molecule has 1 heterocycles. The van der Waals surface area contributed by atoms with Crippen molar-refractivity contribution in [3.05, 3.63) is 46.3 Å². The molecule has 1 aromatic carbocycles. The van der Waals surface area contributed by atoms with Gasteiger partial charge in [0.15, 0.2) is 5.82 Å². The molecule has 0 bridgehead atoms. The molecule has 0 atom stereocenters. The van der Waals surface area contributed by atoms with Crippen LogP contribution < -0.4 is 5.32 Å². The van der Waals surface area contributed by atoms with E-state index in [4.69, 9.17) is 16.1 Å². The van der Waals surface area contributed by atoms with Gasteiger partial charge in [0.2, 0.25) is 5.89 Å². The highest BCUT2D eigenvalue weighted by Crippen LogP contribution is 2.30. The highest BCUT2D eigenvalue weighted by Gasteiger charge is 2.21. The lowest BCUT2D eigenvalue weighted by Crippen LogP contribution is -2.24. The lowest BCUT2D eigenvalue weighted by molar-refractivity contribution is 0.0942. The minimum absolute atomic E-state index is 0.0600. The third-order valence-electron chi connectivity index (χ3n) is 4.03. The molecule has 7 heteroatoms. The first-order valence-corrected chi connectivity index (χ1v) is 8.07. The van der Waals surface area contributed by atoms with Gasteiger partial charge in [0.05, 0.1) is 12.1 Å². The van der Waals surface area contributed by atoms with E-state index >= 15 is 0 Å². The molecular weight excluding hydrogens is 321 g/mol. The number of aromatic nitrogens is 2. The van der Waals surface area contributed by atoms with Crippen molar-refractivity contribution in [2.45, 2.75) is 44.6 Å². The minimum atomic E-state index is -0.625. The van der Waals surface area contributed by atoms with Gasteiger partial charge in [-0.3, -0.25) is 4.79 Å². The standard InChI is InChI=1S/C16H17ClFN3O2/c17-11-6-7-13(18)12(8-11)16(22)19-9-14-20-15(21-23-14)10-4-2-1-3-5-10/h6-8,10H,1-5,9H2,(H,19,22). The van der Waals surface area contributed by atoms with Crippen LogP contribution in [-0.2, 0) is 6.54 Å². The topological polar surface area (TPSA) is 68.0 Å². The van der Waals surface area contributed by atoms with Crippen LogP contribution in [-0.4, -0.2) is 16.0 Å². The molecule has 1 aliphatic rings. The summed E-state index contributed by atoms with van der Waals surface area (Å²) in [6, 6.07) is 3.83. The van der Waals surface area contributed by atoms with Gasteiger partial charge in [-0.15, -0.1) is 0 Å². The first-order valence-electron chi connectivity index (χ1n) is 7.69. The second-order valence-corrected chi connectivity index (χ2v) is 6.12. The predicted octanol–water partition coefficient (Wildman–Crippen LogP) is 3.84. The summed E-state index contributed by atoms with van der Waals surface area (Å²) < 4.78 is 18.8. The summed E-state index contributed by atoms with van der Waals surface area (Å²) in [6.45, 7) is 0.0600. The summed E-state index contributed by atoms with van der Waals surface area (Å²) >= 11 is 5.78. The van der Waals surface area contributed by atoms with E-state index in [0.29, 0.717) is 22.7 Å². The Hall–Kier alpha value is -1.95. The maximum atomic E-state index is 13.6. The number of halogens is 2. The molecule has 5 nitrogen and oxygen atoms in total. The normalized spacial score (nSPS) is 15.6. The summed E-state index contributed by atoms with van der Waals surface area (Å²) in [6.07, 6.45) is 5.75. The van der Waals surface area contributed by atoms with Crippen molar-refractivity contribution < 1.29 is 13.7 Å². The number of carbonyl (C=O) groups is 1. The smallest absolute Gasteiger partial charge is 0.254 e. The maximum absolute atomic E-state index is 13.6. The van der Waals surface area contributed by atoms with Crippen molar-refractivity contribution in [1.82, 2.24) is 15.5 Å². The predicted molar refractivity (Wildman–Crippen MR) is 82.7 cm³/mol. The summed E-state index contributed by atoms with van der Waals surface area (Å²) in [4.78, 5) is 16.3. The van der Waals surface area contributed by atoms with Gasteiger partial charge in [-0.2, -0.15) is 4.98 Å². The monoisotopic (exact) mass is 337 g/mol. The third kappa shape index (κ3) is 3.88. The van der Waals surface area contributed by atoms with Gasteiger partial charge < -0.3 is 9.84 Å². The second kappa shape index (κ2) is 7.08. The summed E-state index contributed by atoms with van der Waals surface area (Å²) in [7, 11) is 0. The fourth-order valence-corrected chi connectivity index (χ4v) is 2.96. The highest BCUT2D eigenvalue weighted by atomic mass is 35.5. The zero-order valence-corrected chi connectivity index (χ0v) is 13.3. The maximum Gasteiger partial charge on any atom is 0.254 e.